The summed E-state index contributed by atoms with van der Waals surface area (Å²) in [5.74, 6) is -1.29. The molecule has 0 unspecified atom stereocenters. The predicted octanol–water partition coefficient (Wildman–Crippen LogP) is 1.83. The van der Waals surface area contributed by atoms with Gasteiger partial charge in [-0.05, 0) is 24.8 Å². The molecule has 1 aromatic carbocycles. The number of hydrogen-bond donors (Lipinski definition) is 1. The third-order valence-electron chi connectivity index (χ3n) is 4.89. The van der Waals surface area contributed by atoms with Crippen molar-refractivity contribution >= 4 is 11.9 Å². The van der Waals surface area contributed by atoms with Crippen LogP contribution in [0.25, 0.3) is 0 Å². The van der Waals surface area contributed by atoms with E-state index < -0.39 is 11.9 Å². The molecule has 0 aliphatic carbocycles. The second-order valence-electron chi connectivity index (χ2n) is 6.68. The van der Waals surface area contributed by atoms with Crippen LogP contribution in [0.5, 0.6) is 0 Å². The first kappa shape index (κ1) is 16.0. The highest BCUT2D eigenvalue weighted by molar-refractivity contribution is 5.80. The Bertz CT molecular complexity index is 555. The summed E-state index contributed by atoms with van der Waals surface area (Å²) in [4.78, 5) is 28.2. The van der Waals surface area contributed by atoms with Crippen LogP contribution in [0.4, 0.5) is 0 Å². The summed E-state index contributed by atoms with van der Waals surface area (Å²) in [7, 11) is 0. The highest BCUT2D eigenvalue weighted by Crippen LogP contribution is 2.26. The molecule has 2 atom stereocenters. The molecule has 0 bridgehead atoms. The number of nitrogens with zero attached hydrogens (tertiary/aromatic N) is 2. The number of rotatable bonds is 4. The largest absolute Gasteiger partial charge is 0.481 e. The van der Waals surface area contributed by atoms with E-state index in [0.29, 0.717) is 26.1 Å². The maximum atomic E-state index is 12.7. The van der Waals surface area contributed by atoms with Crippen LogP contribution in [0.15, 0.2) is 30.3 Å². The van der Waals surface area contributed by atoms with Crippen LogP contribution in [0.1, 0.15) is 24.8 Å². The number of piperidine rings is 1. The van der Waals surface area contributed by atoms with E-state index >= 15 is 0 Å². The molecule has 2 aliphatic rings. The molecule has 2 fully saturated rings. The first-order valence-corrected chi connectivity index (χ1v) is 8.41. The fourth-order valence-corrected chi connectivity index (χ4v) is 3.71. The Hall–Kier alpha value is -1.88. The quantitative estimate of drug-likeness (QED) is 0.920. The van der Waals surface area contributed by atoms with E-state index in [9.17, 15) is 14.7 Å². The molecule has 2 saturated heterocycles. The molecule has 0 aromatic heterocycles. The predicted molar refractivity (Wildman–Crippen MR) is 86.8 cm³/mol. The Morgan fingerprint density at radius 2 is 1.70 bits per heavy atom. The lowest BCUT2D eigenvalue weighted by molar-refractivity contribution is -0.147. The van der Waals surface area contributed by atoms with Gasteiger partial charge in [-0.2, -0.15) is 0 Å². The molecular formula is C18H24N2O3. The lowest BCUT2D eigenvalue weighted by atomic mass is 9.88. The minimum atomic E-state index is -0.790. The van der Waals surface area contributed by atoms with Crippen molar-refractivity contribution in [3.63, 3.8) is 0 Å². The van der Waals surface area contributed by atoms with E-state index in [1.54, 1.807) is 0 Å². The van der Waals surface area contributed by atoms with E-state index in [0.717, 1.165) is 31.5 Å². The molecular weight excluding hydrogens is 292 g/mol. The fraction of sp³-hybridized carbons (Fsp3) is 0.556. The van der Waals surface area contributed by atoms with Crippen LogP contribution < -0.4 is 0 Å². The SMILES string of the molecule is O=C(O)[C@H]1C[C@@H](C(=O)N2CCCC2)CN(Cc2ccccc2)C1. The van der Waals surface area contributed by atoms with Crippen molar-refractivity contribution < 1.29 is 14.7 Å². The van der Waals surface area contributed by atoms with Gasteiger partial charge in [-0.1, -0.05) is 30.3 Å². The molecule has 124 valence electrons. The number of hydrogen-bond acceptors (Lipinski definition) is 3. The van der Waals surface area contributed by atoms with Crippen molar-refractivity contribution in [2.45, 2.75) is 25.8 Å². The first-order chi connectivity index (χ1) is 11.1. The third-order valence-corrected chi connectivity index (χ3v) is 4.89. The van der Waals surface area contributed by atoms with Crippen LogP contribution in [-0.2, 0) is 16.1 Å². The summed E-state index contributed by atoms with van der Waals surface area (Å²) in [5.41, 5.74) is 1.16. The number of carboxylic acid groups (broad SMARTS) is 1. The third kappa shape index (κ3) is 3.91. The average molecular weight is 316 g/mol. The van der Waals surface area contributed by atoms with Crippen molar-refractivity contribution in [2.24, 2.45) is 11.8 Å². The number of carbonyl (C=O) groups is 2. The van der Waals surface area contributed by atoms with Crippen LogP contribution in [0, 0.1) is 11.8 Å². The molecule has 23 heavy (non-hydrogen) atoms. The Morgan fingerprint density at radius 1 is 1.04 bits per heavy atom. The molecule has 2 heterocycles. The summed E-state index contributed by atoms with van der Waals surface area (Å²) in [5, 5.41) is 9.44. The molecule has 1 N–H and O–H groups in total. The van der Waals surface area contributed by atoms with Crippen molar-refractivity contribution in [1.29, 1.82) is 0 Å². The highest BCUT2D eigenvalue weighted by atomic mass is 16.4. The second kappa shape index (κ2) is 7.13. The minimum absolute atomic E-state index is 0.145. The van der Waals surface area contributed by atoms with Crippen LogP contribution in [0.2, 0.25) is 0 Å². The topological polar surface area (TPSA) is 60.9 Å². The van der Waals surface area contributed by atoms with E-state index in [2.05, 4.69) is 4.90 Å². The van der Waals surface area contributed by atoms with Gasteiger partial charge in [0.25, 0.3) is 0 Å². The Balaban J connectivity index is 1.70. The maximum Gasteiger partial charge on any atom is 0.307 e. The second-order valence-corrected chi connectivity index (χ2v) is 6.68. The number of benzene rings is 1. The summed E-state index contributed by atoms with van der Waals surface area (Å²) < 4.78 is 0. The van der Waals surface area contributed by atoms with Gasteiger partial charge in [-0.3, -0.25) is 14.5 Å². The fourth-order valence-electron chi connectivity index (χ4n) is 3.71. The molecule has 3 rings (SSSR count). The van der Waals surface area contributed by atoms with Gasteiger partial charge in [0.2, 0.25) is 5.91 Å². The molecule has 5 nitrogen and oxygen atoms in total. The minimum Gasteiger partial charge on any atom is -0.481 e. The van der Waals surface area contributed by atoms with Crippen LogP contribution in [-0.4, -0.2) is 53.0 Å². The number of aliphatic carboxylic acids is 1. The maximum absolute atomic E-state index is 12.7. The highest BCUT2D eigenvalue weighted by Gasteiger charge is 2.37. The number of likely N-dealkylation sites (tertiary alicyclic amines) is 2. The average Bonchev–Trinajstić information content (AvgIpc) is 3.09. The van der Waals surface area contributed by atoms with Crippen molar-refractivity contribution in [3.05, 3.63) is 35.9 Å². The van der Waals surface area contributed by atoms with Gasteiger partial charge in [0.05, 0.1) is 11.8 Å². The van der Waals surface area contributed by atoms with E-state index in [-0.39, 0.29) is 11.8 Å². The molecule has 1 amide bonds. The van der Waals surface area contributed by atoms with Gasteiger partial charge < -0.3 is 10.0 Å². The van der Waals surface area contributed by atoms with Gasteiger partial charge in [-0.15, -0.1) is 0 Å². The van der Waals surface area contributed by atoms with Crippen LogP contribution in [0.3, 0.4) is 0 Å². The van der Waals surface area contributed by atoms with Gasteiger partial charge in [-0.25, -0.2) is 0 Å². The molecule has 0 saturated carbocycles. The summed E-state index contributed by atoms with van der Waals surface area (Å²) in [6.45, 7) is 3.54. The van der Waals surface area contributed by atoms with Crippen molar-refractivity contribution in [3.8, 4) is 0 Å². The first-order valence-electron chi connectivity index (χ1n) is 8.41. The van der Waals surface area contributed by atoms with Gasteiger partial charge in [0.1, 0.15) is 0 Å². The van der Waals surface area contributed by atoms with E-state index in [1.807, 2.05) is 35.2 Å². The molecule has 0 radical (unpaired) electrons. The Kier molecular flexibility index (Phi) is 4.96. The smallest absolute Gasteiger partial charge is 0.307 e. The summed E-state index contributed by atoms with van der Waals surface area (Å²) in [6, 6.07) is 10.0. The zero-order valence-corrected chi connectivity index (χ0v) is 13.4. The summed E-state index contributed by atoms with van der Waals surface area (Å²) in [6.07, 6.45) is 2.60. The molecule has 2 aliphatic heterocycles. The zero-order valence-electron chi connectivity index (χ0n) is 13.4. The van der Waals surface area contributed by atoms with Crippen LogP contribution >= 0.6 is 0 Å². The number of amides is 1. The number of carbonyl (C=O) groups excluding carboxylic acids is 1. The van der Waals surface area contributed by atoms with E-state index in [4.69, 9.17) is 0 Å². The Morgan fingerprint density at radius 3 is 2.35 bits per heavy atom. The van der Waals surface area contributed by atoms with E-state index in [1.165, 1.54) is 0 Å². The lowest BCUT2D eigenvalue weighted by Gasteiger charge is -2.37. The van der Waals surface area contributed by atoms with Gasteiger partial charge >= 0.3 is 5.97 Å². The monoisotopic (exact) mass is 316 g/mol. The Labute approximate surface area is 136 Å². The molecule has 1 aromatic rings. The van der Waals surface area contributed by atoms with Gasteiger partial charge in [0, 0.05) is 32.7 Å². The standard InChI is InChI=1S/C18H24N2O3/c21-17(20-8-4-5-9-20)15-10-16(18(22)23)13-19(12-15)11-14-6-2-1-3-7-14/h1-3,6-7,15-16H,4-5,8-13H2,(H,22,23)/t15-,16+/m1/s1. The normalized spacial score (nSPS) is 25.5. The van der Waals surface area contributed by atoms with Gasteiger partial charge in [0.15, 0.2) is 0 Å². The molecule has 0 spiro atoms. The van der Waals surface area contributed by atoms with Crippen molar-refractivity contribution in [2.75, 3.05) is 26.2 Å². The zero-order chi connectivity index (χ0) is 16.2. The number of carboxylic acids is 1. The lowest BCUT2D eigenvalue weighted by Crippen LogP contribution is -2.48. The van der Waals surface area contributed by atoms with Crippen molar-refractivity contribution in [1.82, 2.24) is 9.80 Å². The summed E-state index contributed by atoms with van der Waals surface area (Å²) >= 11 is 0. The molecule has 5 heteroatoms.